The number of carbonyl (C=O) groups is 3. The van der Waals surface area contributed by atoms with E-state index in [2.05, 4.69) is 26.0 Å². The molecule has 0 fully saturated rings. The molecule has 0 aromatic heterocycles. The van der Waals surface area contributed by atoms with Gasteiger partial charge in [0.25, 0.3) is 0 Å². The number of carboxylic acid groups (broad SMARTS) is 1. The van der Waals surface area contributed by atoms with Gasteiger partial charge < -0.3 is 28.6 Å². The van der Waals surface area contributed by atoms with Crippen LogP contribution >= 0.6 is 0 Å². The molecule has 0 aliphatic heterocycles. The molecule has 0 amide bonds. The number of rotatable bonds is 29. The second kappa shape index (κ2) is 29.4. The molecule has 0 N–H and O–H groups in total. The molecule has 0 aliphatic rings. The molecule has 0 saturated carbocycles. The van der Waals surface area contributed by atoms with Crippen molar-refractivity contribution in [2.75, 3.05) is 41.0 Å². The summed E-state index contributed by atoms with van der Waals surface area (Å²) in [5.74, 6) is -1.81. The van der Waals surface area contributed by atoms with E-state index >= 15 is 0 Å². The number of carbonyl (C=O) groups excluding carboxylic acids is 3. The van der Waals surface area contributed by atoms with Crippen molar-refractivity contribution in [1.29, 1.82) is 0 Å². The molecule has 262 valence electrons. The van der Waals surface area contributed by atoms with E-state index in [4.69, 9.17) is 14.2 Å². The summed E-state index contributed by atoms with van der Waals surface area (Å²) in [4.78, 5) is 36.4. The molecular weight excluding hydrogens is 582 g/mol. The van der Waals surface area contributed by atoms with Crippen LogP contribution in [0.25, 0.3) is 0 Å². The van der Waals surface area contributed by atoms with E-state index < -0.39 is 18.1 Å². The van der Waals surface area contributed by atoms with E-state index in [1.54, 1.807) is 21.1 Å². The van der Waals surface area contributed by atoms with Crippen LogP contribution in [0.1, 0.15) is 110 Å². The Kier molecular flexibility index (Phi) is 27.5. The van der Waals surface area contributed by atoms with Crippen LogP contribution in [0.3, 0.4) is 0 Å². The summed E-state index contributed by atoms with van der Waals surface area (Å²) in [7, 11) is 5.36. The lowest BCUT2D eigenvalue weighted by Crippen LogP contribution is -2.55. The van der Waals surface area contributed by atoms with Crippen molar-refractivity contribution < 1.29 is 38.2 Å². The van der Waals surface area contributed by atoms with E-state index in [0.717, 1.165) is 51.4 Å². The smallest absolute Gasteiger partial charge is 0.306 e. The summed E-state index contributed by atoms with van der Waals surface area (Å²) in [5, 5.41) is 11.5. The topological polar surface area (TPSA) is 102 Å². The van der Waals surface area contributed by atoms with Crippen molar-refractivity contribution in [1.82, 2.24) is 0 Å². The zero-order valence-electron chi connectivity index (χ0n) is 29.5. The Bertz CT molecular complexity index is 943. The third-order valence-corrected chi connectivity index (χ3v) is 7.30. The van der Waals surface area contributed by atoms with Crippen LogP contribution in [-0.4, -0.2) is 75.5 Å². The highest BCUT2D eigenvalue weighted by atomic mass is 16.6. The third kappa shape index (κ3) is 27.3. The van der Waals surface area contributed by atoms with E-state index in [9.17, 15) is 19.5 Å². The van der Waals surface area contributed by atoms with Crippen LogP contribution in [0.5, 0.6) is 0 Å². The van der Waals surface area contributed by atoms with Crippen molar-refractivity contribution >= 4 is 17.9 Å². The number of quaternary nitrogens is 1. The maximum absolute atomic E-state index is 12.5. The number of esters is 2. The molecule has 0 aromatic carbocycles. The number of nitrogens with zero attached hydrogens (tertiary/aromatic N) is 1. The van der Waals surface area contributed by atoms with Gasteiger partial charge in [-0.1, -0.05) is 120 Å². The minimum atomic E-state index is -1.14. The Hall–Kier alpha value is -2.97. The SMILES string of the molecule is CC/C=C/C=C/C=C/C=C/C=C/CCCCCC(=O)OCC(COCCC(C(=O)[O-])[N+](C)(C)C)OC(=O)CCCCCCCCC. The Morgan fingerprint density at radius 2 is 1.22 bits per heavy atom. The lowest BCUT2D eigenvalue weighted by Gasteiger charge is -2.34. The highest BCUT2D eigenvalue weighted by molar-refractivity contribution is 5.70. The Balaban J connectivity index is 4.51. The van der Waals surface area contributed by atoms with Crippen LogP contribution in [0.4, 0.5) is 0 Å². The molecule has 0 rings (SSSR count). The second-order valence-corrected chi connectivity index (χ2v) is 12.5. The maximum Gasteiger partial charge on any atom is 0.306 e. The van der Waals surface area contributed by atoms with Crippen molar-refractivity contribution in [3.05, 3.63) is 60.8 Å². The fraction of sp³-hybridized carbons (Fsp3) is 0.658. The Labute approximate surface area is 279 Å². The Morgan fingerprint density at radius 1 is 0.674 bits per heavy atom. The molecule has 0 aromatic rings. The lowest BCUT2D eigenvalue weighted by atomic mass is 10.1. The molecular formula is C38H63NO7. The number of unbranched alkanes of at least 4 members (excludes halogenated alkanes) is 9. The first-order valence-corrected chi connectivity index (χ1v) is 17.4. The number of allylic oxidation sites excluding steroid dienone is 10. The maximum atomic E-state index is 12.5. The summed E-state index contributed by atoms with van der Waals surface area (Å²) < 4.78 is 16.9. The molecule has 0 saturated heterocycles. The summed E-state index contributed by atoms with van der Waals surface area (Å²) in [6, 6.07) is -0.731. The molecule has 0 spiro atoms. The predicted octanol–water partition coefficient (Wildman–Crippen LogP) is 6.96. The molecule has 0 heterocycles. The van der Waals surface area contributed by atoms with Gasteiger partial charge in [-0.2, -0.15) is 0 Å². The van der Waals surface area contributed by atoms with Gasteiger partial charge in [0.1, 0.15) is 12.6 Å². The number of carboxylic acids is 1. The van der Waals surface area contributed by atoms with Gasteiger partial charge in [-0.05, 0) is 32.1 Å². The molecule has 2 atom stereocenters. The van der Waals surface area contributed by atoms with E-state index in [1.807, 2.05) is 48.6 Å². The first kappa shape index (κ1) is 43.0. The fourth-order valence-corrected chi connectivity index (χ4v) is 4.56. The molecule has 0 bridgehead atoms. The van der Waals surface area contributed by atoms with Crippen molar-refractivity contribution in [3.63, 3.8) is 0 Å². The van der Waals surface area contributed by atoms with E-state index in [-0.39, 0.29) is 42.7 Å². The van der Waals surface area contributed by atoms with Crippen LogP contribution in [0.2, 0.25) is 0 Å². The molecule has 0 aliphatic carbocycles. The summed E-state index contributed by atoms with van der Waals surface area (Å²) in [6.45, 7) is 4.38. The molecule has 46 heavy (non-hydrogen) atoms. The number of ether oxygens (including phenoxy) is 3. The summed E-state index contributed by atoms with van der Waals surface area (Å²) in [6.07, 6.45) is 32.6. The first-order chi connectivity index (χ1) is 22.1. The standard InChI is InChI=1S/C38H63NO7/c1-6-8-10-12-14-15-16-17-18-19-20-21-23-24-26-28-36(40)45-33-34(32-44-31-30-35(38(42)43)39(3,4)5)46-37(41)29-27-25-22-13-11-9-7-2/h8,10,12,14-20,34-35H,6-7,9,11,13,21-33H2,1-5H3/b10-8+,14-12+,16-15+,18-17+,20-19+. The molecule has 8 heteroatoms. The average Bonchev–Trinajstić information content (AvgIpc) is 3.00. The van der Waals surface area contributed by atoms with Gasteiger partial charge in [-0.15, -0.1) is 0 Å². The van der Waals surface area contributed by atoms with Gasteiger partial charge in [0, 0.05) is 19.3 Å². The fourth-order valence-electron chi connectivity index (χ4n) is 4.56. The summed E-state index contributed by atoms with van der Waals surface area (Å²) >= 11 is 0. The minimum Gasteiger partial charge on any atom is -0.544 e. The number of aliphatic carboxylic acids is 1. The Morgan fingerprint density at radius 3 is 1.80 bits per heavy atom. The zero-order valence-corrected chi connectivity index (χ0v) is 29.5. The second-order valence-electron chi connectivity index (χ2n) is 12.5. The number of hydrogen-bond acceptors (Lipinski definition) is 7. The highest BCUT2D eigenvalue weighted by Crippen LogP contribution is 2.12. The van der Waals surface area contributed by atoms with Gasteiger partial charge in [0.05, 0.1) is 40.3 Å². The minimum absolute atomic E-state index is 0.0243. The van der Waals surface area contributed by atoms with Crippen molar-refractivity contribution in [2.45, 2.75) is 122 Å². The van der Waals surface area contributed by atoms with Crippen LogP contribution in [-0.2, 0) is 28.6 Å². The van der Waals surface area contributed by atoms with Gasteiger partial charge in [0.2, 0.25) is 0 Å². The van der Waals surface area contributed by atoms with E-state index in [1.165, 1.54) is 25.7 Å². The predicted molar refractivity (Wildman–Crippen MR) is 185 cm³/mol. The van der Waals surface area contributed by atoms with Gasteiger partial charge in [-0.3, -0.25) is 9.59 Å². The number of likely N-dealkylation sites (N-methyl/N-ethyl adjacent to an activating group) is 1. The van der Waals surface area contributed by atoms with Gasteiger partial charge in [-0.25, -0.2) is 0 Å². The van der Waals surface area contributed by atoms with Crippen molar-refractivity contribution in [2.24, 2.45) is 0 Å². The van der Waals surface area contributed by atoms with Crippen molar-refractivity contribution in [3.8, 4) is 0 Å². The average molecular weight is 646 g/mol. The quantitative estimate of drug-likeness (QED) is 0.0375. The van der Waals surface area contributed by atoms with Crippen LogP contribution in [0, 0.1) is 0 Å². The molecule has 0 radical (unpaired) electrons. The van der Waals surface area contributed by atoms with Crippen LogP contribution < -0.4 is 5.11 Å². The molecule has 8 nitrogen and oxygen atoms in total. The normalized spacial score (nSPS) is 13.8. The monoisotopic (exact) mass is 645 g/mol. The van der Waals surface area contributed by atoms with E-state index in [0.29, 0.717) is 12.8 Å². The largest absolute Gasteiger partial charge is 0.544 e. The third-order valence-electron chi connectivity index (χ3n) is 7.30. The zero-order chi connectivity index (χ0) is 34.3. The van der Waals surface area contributed by atoms with Crippen LogP contribution in [0.15, 0.2) is 60.8 Å². The highest BCUT2D eigenvalue weighted by Gasteiger charge is 2.25. The molecule has 2 unspecified atom stereocenters. The first-order valence-electron chi connectivity index (χ1n) is 17.4. The van der Waals surface area contributed by atoms with Gasteiger partial charge >= 0.3 is 11.9 Å². The summed E-state index contributed by atoms with van der Waals surface area (Å²) in [5.41, 5.74) is 0. The number of hydrogen-bond donors (Lipinski definition) is 0. The van der Waals surface area contributed by atoms with Gasteiger partial charge in [0.15, 0.2) is 6.10 Å². The lowest BCUT2D eigenvalue weighted by molar-refractivity contribution is -0.889.